The van der Waals surface area contributed by atoms with E-state index in [-0.39, 0.29) is 76.3 Å². The quantitative estimate of drug-likeness (QED) is 0.0861. The Morgan fingerprint density at radius 2 is 0.585 bits per heavy atom. The Bertz CT molecular complexity index is 5070. The topological polar surface area (TPSA) is 267 Å². The van der Waals surface area contributed by atoms with E-state index < -0.39 is 23.7 Å². The predicted octanol–water partition coefficient (Wildman–Crippen LogP) is 32.1. The van der Waals surface area contributed by atoms with E-state index in [1.165, 1.54) is 103 Å². The largest absolute Gasteiger partial charge is 0.478 e. The number of hydrogen-bond acceptors (Lipinski definition) is 15. The SMILES string of the molecule is C.C.C.C.CC(C)c1cc(C(=O)O)ccn1.CC(C)c1nc(C(=O)O)ccc1F.Cc1ccc(C(=O)O)nc1C(C)C.Cc1ccc(C(C)C)nc1.Cc1ccc(C(C)C)nc1.Cc1ccc(C(C)C)nc1C.Cc1cccc(C(C)C)n1.Cc1cccc(C(C)C)n1.Cc1cccc(C(C)C)n1.Cc1cccnc1C(C)C.Cc1cnc(C(C)C)c(C)c1.Cc1cnc(C(C)C)c(F)c1. The van der Waals surface area contributed by atoms with Gasteiger partial charge in [0.05, 0.1) is 17.0 Å². The average Bonchev–Trinajstić information content (AvgIpc) is 0.844. The molecule has 3 N–H and O–H groups in total. The standard InChI is InChI=1S/C10H13NO2.2C10H15N.C9H10FNO2.C9H12FN.C9H11NO2.6C9H13N.4CH4/c1-6(2)9-7(3)4-5-8(11-9)10(12)13;1-7(2)10-9(4)5-8(3)6-11-10;1-7(2)10-6-5-8(3)9(4)11-10;1-5(2)8-6(10)3-4-7(11-8)9(12)13;1-6(2)9-8(10)4-7(3)5-11-9;1-6(2)8-5-7(9(11)12)3-4-10-8;2*1-7(2)9-5-4-8(3)6-10-9;1-7(2)9-8(3)5-4-6-10-9;3*1-7(2)9-6-4-5-8(3)10-9;;;;/h4-6H,1-3H3,(H,12,13);2*5-7H,1-4H3;3-5H,1-2H3,(H,12,13);4-6H,1-3H3;3-6H,1-2H3,(H,11,12);6*4-7H,1-3H3;4*1H4. The van der Waals surface area contributed by atoms with Crippen LogP contribution in [0.1, 0.15) is 434 Å². The zero-order valence-corrected chi connectivity index (χ0v) is 85.5. The highest BCUT2D eigenvalue weighted by Gasteiger charge is 2.15. The van der Waals surface area contributed by atoms with Gasteiger partial charge in [-0.15, -0.1) is 0 Å². The summed E-state index contributed by atoms with van der Waals surface area (Å²) < 4.78 is 26.1. The minimum atomic E-state index is -1.14. The first-order chi connectivity index (χ1) is 61.2. The van der Waals surface area contributed by atoms with Crippen molar-refractivity contribution >= 4 is 17.9 Å². The van der Waals surface area contributed by atoms with Crippen LogP contribution in [0.15, 0.2) is 189 Å². The van der Waals surface area contributed by atoms with Gasteiger partial charge in [0, 0.05) is 117 Å². The van der Waals surface area contributed by atoms with Gasteiger partial charge in [-0.25, -0.2) is 33.1 Å². The number of hydrogen-bond donors (Lipinski definition) is 3. The lowest BCUT2D eigenvalue weighted by molar-refractivity contribution is 0.0679. The molecule has 0 atom stereocenters. The van der Waals surface area contributed by atoms with E-state index in [0.717, 1.165) is 57.4 Å². The number of aryl methyl sites for hydroxylation is 12. The minimum absolute atomic E-state index is 0. The summed E-state index contributed by atoms with van der Waals surface area (Å²) in [4.78, 5) is 82.3. The molecule has 12 aromatic heterocycles. The van der Waals surface area contributed by atoms with E-state index in [4.69, 9.17) is 15.3 Å². The van der Waals surface area contributed by atoms with E-state index in [1.54, 1.807) is 32.2 Å². The van der Waals surface area contributed by atoms with E-state index in [2.05, 4.69) is 304 Å². The molecule has 12 heterocycles. The highest BCUT2D eigenvalue weighted by Crippen LogP contribution is 2.23. The van der Waals surface area contributed by atoms with Gasteiger partial charge in [-0.1, -0.05) is 250 Å². The number of nitrogens with zero attached hydrogens (tertiary/aromatic N) is 12. The molecule has 0 aliphatic carbocycles. The average molecular weight is 1850 g/mol. The van der Waals surface area contributed by atoms with E-state index in [1.807, 2.05) is 125 Å². The summed E-state index contributed by atoms with van der Waals surface area (Å²) in [5, 5.41) is 26.0. The van der Waals surface area contributed by atoms with Crippen LogP contribution in [0.4, 0.5) is 8.78 Å². The normalized spacial score (nSPS) is 10.1. The maximum Gasteiger partial charge on any atom is 0.354 e. The fraction of sp³-hybridized carbons (Fsp3) is 0.452. The highest BCUT2D eigenvalue weighted by atomic mass is 19.1. The van der Waals surface area contributed by atoms with Gasteiger partial charge in [-0.2, -0.15) is 0 Å². The molecule has 0 aromatic carbocycles. The fourth-order valence-electron chi connectivity index (χ4n) is 11.8. The molecule has 0 spiro atoms. The predicted molar refractivity (Wildman–Crippen MR) is 564 cm³/mol. The summed E-state index contributed by atoms with van der Waals surface area (Å²) in [6.45, 7) is 74.2. The lowest BCUT2D eigenvalue weighted by atomic mass is 10.0. The molecule has 135 heavy (non-hydrogen) atoms. The Hall–Kier alpha value is -11.9. The number of rotatable bonds is 15. The molecule has 0 aliphatic rings. The second kappa shape index (κ2) is 67.3. The van der Waals surface area contributed by atoms with Crippen LogP contribution in [0, 0.1) is 94.7 Å². The fourth-order valence-corrected chi connectivity index (χ4v) is 11.8. The zero-order valence-electron chi connectivity index (χ0n) is 85.5. The molecule has 0 aliphatic heterocycles. The number of carboxylic acid groups (broad SMARTS) is 3. The molecule has 18 nitrogen and oxygen atoms in total. The van der Waals surface area contributed by atoms with Crippen LogP contribution in [-0.2, 0) is 0 Å². The molecule has 20 heteroatoms. The molecule has 0 unspecified atom stereocenters. The van der Waals surface area contributed by atoms with Crippen LogP contribution in [-0.4, -0.2) is 93.0 Å². The number of halogens is 2. The van der Waals surface area contributed by atoms with Crippen molar-refractivity contribution in [1.29, 1.82) is 0 Å². The van der Waals surface area contributed by atoms with Crippen molar-refractivity contribution in [1.82, 2.24) is 59.8 Å². The molecule has 12 rings (SSSR count). The Labute approximate surface area is 814 Å². The summed E-state index contributed by atoms with van der Waals surface area (Å²) >= 11 is 0. The Morgan fingerprint density at radius 1 is 0.244 bits per heavy atom. The highest BCUT2D eigenvalue weighted by molar-refractivity contribution is 5.87. The van der Waals surface area contributed by atoms with Crippen molar-refractivity contribution in [2.45, 2.75) is 350 Å². The van der Waals surface area contributed by atoms with Crippen LogP contribution in [0.25, 0.3) is 0 Å². The van der Waals surface area contributed by atoms with Gasteiger partial charge >= 0.3 is 17.9 Å². The molecular formula is C115H170F2N12O6. The van der Waals surface area contributed by atoms with E-state index in [0.29, 0.717) is 58.6 Å². The first-order valence-electron chi connectivity index (χ1n) is 45.6. The van der Waals surface area contributed by atoms with Gasteiger partial charge in [0.2, 0.25) is 0 Å². The van der Waals surface area contributed by atoms with Gasteiger partial charge in [0.1, 0.15) is 23.0 Å². The monoisotopic (exact) mass is 1850 g/mol. The Balaban J connectivity index is -0.000000692. The third-order valence-electron chi connectivity index (χ3n) is 19.6. The maximum absolute atomic E-state index is 13.0. The van der Waals surface area contributed by atoms with Crippen LogP contribution >= 0.6 is 0 Å². The Kier molecular flexibility index (Phi) is 64.5. The molecule has 0 amide bonds. The van der Waals surface area contributed by atoms with Crippen LogP contribution in [0.5, 0.6) is 0 Å². The number of carbonyl (C=O) groups is 3. The Morgan fingerprint density at radius 3 is 0.904 bits per heavy atom. The van der Waals surface area contributed by atoms with Crippen LogP contribution in [0.2, 0.25) is 0 Å². The summed E-state index contributed by atoms with van der Waals surface area (Å²) in [6, 6.07) is 47.5. The molecule has 0 saturated heterocycles. The van der Waals surface area contributed by atoms with Crippen molar-refractivity contribution in [3.05, 3.63) is 353 Å². The summed E-state index contributed by atoms with van der Waals surface area (Å²) in [5.41, 5.74) is 26.2. The van der Waals surface area contributed by atoms with Crippen molar-refractivity contribution in [3.63, 3.8) is 0 Å². The van der Waals surface area contributed by atoms with Crippen molar-refractivity contribution in [3.8, 4) is 0 Å². The van der Waals surface area contributed by atoms with Gasteiger partial charge in [-0.3, -0.25) is 49.8 Å². The zero-order chi connectivity index (χ0) is 99.8. The molecular weight excluding hydrogens is 1680 g/mol. The molecule has 0 bridgehead atoms. The second-order valence-electron chi connectivity index (χ2n) is 36.3. The third-order valence-corrected chi connectivity index (χ3v) is 19.6. The summed E-state index contributed by atoms with van der Waals surface area (Å²) in [7, 11) is 0. The van der Waals surface area contributed by atoms with Crippen molar-refractivity contribution in [2.75, 3.05) is 0 Å². The van der Waals surface area contributed by atoms with E-state index in [9.17, 15) is 23.2 Å². The molecule has 0 saturated carbocycles. The van der Waals surface area contributed by atoms with Crippen molar-refractivity contribution in [2.24, 2.45) is 0 Å². The number of carboxylic acids is 3. The maximum atomic E-state index is 13.0. The van der Waals surface area contributed by atoms with Crippen molar-refractivity contribution < 1.29 is 38.5 Å². The van der Waals surface area contributed by atoms with Crippen LogP contribution < -0.4 is 0 Å². The van der Waals surface area contributed by atoms with Gasteiger partial charge < -0.3 is 15.3 Å². The number of aromatic carboxylic acids is 3. The minimum Gasteiger partial charge on any atom is -0.478 e. The van der Waals surface area contributed by atoms with E-state index >= 15 is 0 Å². The van der Waals surface area contributed by atoms with Gasteiger partial charge in [-0.05, 0) is 296 Å². The molecule has 0 radical (unpaired) electrons. The molecule has 0 fully saturated rings. The lowest BCUT2D eigenvalue weighted by Gasteiger charge is -2.08. The molecule has 740 valence electrons. The third kappa shape index (κ3) is 51.9. The number of aromatic nitrogens is 12. The summed E-state index contributed by atoms with van der Waals surface area (Å²) in [5.74, 6) is 1.24. The first-order valence-corrected chi connectivity index (χ1v) is 45.6. The lowest BCUT2D eigenvalue weighted by Crippen LogP contribution is -2.05. The number of pyridine rings is 12. The summed E-state index contributed by atoms with van der Waals surface area (Å²) in [6.07, 6.45) is 10.8. The van der Waals surface area contributed by atoms with Crippen LogP contribution in [0.3, 0.4) is 0 Å². The van der Waals surface area contributed by atoms with Gasteiger partial charge in [0.25, 0.3) is 0 Å². The first kappa shape index (κ1) is 129. The van der Waals surface area contributed by atoms with Gasteiger partial charge in [0.15, 0.2) is 0 Å². The smallest absolute Gasteiger partial charge is 0.354 e. The molecule has 12 aromatic rings. The second-order valence-corrected chi connectivity index (χ2v) is 36.3.